The molecule has 1 N–H and O–H groups in total. The zero-order chi connectivity index (χ0) is 12.0. The summed E-state index contributed by atoms with van der Waals surface area (Å²) in [6.07, 6.45) is 4.70. The Morgan fingerprint density at radius 1 is 1.25 bits per heavy atom. The summed E-state index contributed by atoms with van der Waals surface area (Å²) in [6.45, 7) is 4.22. The molecule has 1 aliphatic carbocycles. The molecule has 4 nitrogen and oxygen atoms in total. The van der Waals surface area contributed by atoms with Crippen molar-refractivity contribution in [3.63, 3.8) is 0 Å². The van der Waals surface area contributed by atoms with E-state index in [1.54, 1.807) is 6.92 Å². The van der Waals surface area contributed by atoms with Gasteiger partial charge in [-0.2, -0.15) is 0 Å². The lowest BCUT2D eigenvalue weighted by Gasteiger charge is -2.42. The lowest BCUT2D eigenvalue weighted by Crippen LogP contribution is -2.53. The largest absolute Gasteiger partial charge is 0.466 e. The first-order valence-corrected chi connectivity index (χ1v) is 6.08. The maximum absolute atomic E-state index is 11.6. The van der Waals surface area contributed by atoms with Gasteiger partial charge < -0.3 is 10.1 Å². The van der Waals surface area contributed by atoms with Crippen LogP contribution in [-0.2, 0) is 14.3 Å². The maximum atomic E-state index is 11.6. The molecule has 16 heavy (non-hydrogen) atoms. The average Bonchev–Trinajstić information content (AvgIpc) is 2.21. The zero-order valence-corrected chi connectivity index (χ0v) is 10.2. The van der Waals surface area contributed by atoms with Gasteiger partial charge in [0.25, 0.3) is 0 Å². The lowest BCUT2D eigenvalue weighted by molar-refractivity contribution is -0.144. The zero-order valence-electron chi connectivity index (χ0n) is 10.2. The first-order valence-electron chi connectivity index (χ1n) is 6.08. The third-order valence-corrected chi connectivity index (χ3v) is 3.25. The van der Waals surface area contributed by atoms with Crippen molar-refractivity contribution in [2.75, 3.05) is 6.61 Å². The molecule has 4 heteroatoms. The summed E-state index contributed by atoms with van der Waals surface area (Å²) in [7, 11) is 0. The molecule has 0 heterocycles. The van der Waals surface area contributed by atoms with E-state index in [0.717, 1.165) is 19.3 Å². The van der Waals surface area contributed by atoms with Crippen LogP contribution >= 0.6 is 0 Å². The Morgan fingerprint density at radius 2 is 1.94 bits per heavy atom. The molecular weight excluding hydrogens is 206 g/mol. The van der Waals surface area contributed by atoms with Crippen molar-refractivity contribution in [2.24, 2.45) is 0 Å². The number of ether oxygens (including phenoxy) is 1. The van der Waals surface area contributed by atoms with Crippen LogP contribution in [0.3, 0.4) is 0 Å². The van der Waals surface area contributed by atoms with E-state index in [2.05, 4.69) is 12.2 Å². The van der Waals surface area contributed by atoms with E-state index in [9.17, 15) is 9.59 Å². The molecule has 0 atom stereocenters. The number of carbonyl (C=O) groups is 2. The van der Waals surface area contributed by atoms with Gasteiger partial charge in [-0.05, 0) is 32.6 Å². The molecule has 0 aromatic carbocycles. The van der Waals surface area contributed by atoms with Crippen LogP contribution in [0, 0.1) is 0 Å². The van der Waals surface area contributed by atoms with Crippen molar-refractivity contribution in [1.82, 2.24) is 5.32 Å². The molecule has 0 radical (unpaired) electrons. The second kappa shape index (κ2) is 5.87. The van der Waals surface area contributed by atoms with Crippen LogP contribution in [0.2, 0.25) is 0 Å². The molecule has 0 spiro atoms. The predicted molar refractivity (Wildman–Crippen MR) is 60.9 cm³/mol. The van der Waals surface area contributed by atoms with E-state index in [4.69, 9.17) is 4.74 Å². The minimum absolute atomic E-state index is 0.0196. The second-order valence-corrected chi connectivity index (χ2v) is 4.34. The van der Waals surface area contributed by atoms with E-state index in [1.807, 2.05) is 0 Å². The summed E-state index contributed by atoms with van der Waals surface area (Å²) in [5.41, 5.74) is 0.0196. The number of carbonyl (C=O) groups excluding carboxylic acids is 2. The van der Waals surface area contributed by atoms with Crippen LogP contribution in [0.1, 0.15) is 52.4 Å². The van der Waals surface area contributed by atoms with E-state index >= 15 is 0 Å². The Morgan fingerprint density at radius 3 is 2.38 bits per heavy atom. The van der Waals surface area contributed by atoms with Crippen LogP contribution in [-0.4, -0.2) is 24.0 Å². The first kappa shape index (κ1) is 13.0. The summed E-state index contributed by atoms with van der Waals surface area (Å²) < 4.78 is 4.77. The van der Waals surface area contributed by atoms with Crippen LogP contribution in [0.25, 0.3) is 0 Å². The van der Waals surface area contributed by atoms with Gasteiger partial charge in [-0.25, -0.2) is 0 Å². The summed E-state index contributed by atoms with van der Waals surface area (Å²) in [5.74, 6) is -0.327. The fourth-order valence-corrected chi connectivity index (χ4v) is 1.98. The van der Waals surface area contributed by atoms with E-state index in [-0.39, 0.29) is 30.3 Å². The highest BCUT2D eigenvalue weighted by Crippen LogP contribution is 2.34. The number of hydrogen-bond acceptors (Lipinski definition) is 3. The Bertz CT molecular complexity index is 253. The fourth-order valence-electron chi connectivity index (χ4n) is 1.98. The SMILES string of the molecule is CCOC(=O)CCC(=O)NC1(CC)CCC1. The highest BCUT2D eigenvalue weighted by Gasteiger charge is 2.36. The highest BCUT2D eigenvalue weighted by atomic mass is 16.5. The predicted octanol–water partition coefficient (Wildman–Crippen LogP) is 1.78. The molecule has 0 saturated heterocycles. The van der Waals surface area contributed by atoms with E-state index in [0.29, 0.717) is 6.61 Å². The van der Waals surface area contributed by atoms with Crippen molar-refractivity contribution in [2.45, 2.75) is 57.9 Å². The molecule has 0 aromatic heterocycles. The van der Waals surface area contributed by atoms with Gasteiger partial charge in [-0.1, -0.05) is 6.92 Å². The number of esters is 1. The van der Waals surface area contributed by atoms with Gasteiger partial charge in [-0.15, -0.1) is 0 Å². The number of hydrogen-bond donors (Lipinski definition) is 1. The standard InChI is InChI=1S/C12H21NO3/c1-3-12(8-5-9-12)13-10(14)6-7-11(15)16-4-2/h3-9H2,1-2H3,(H,13,14). The number of amides is 1. The Balaban J connectivity index is 2.22. The van der Waals surface area contributed by atoms with Gasteiger partial charge in [0.15, 0.2) is 0 Å². The van der Waals surface area contributed by atoms with Crippen LogP contribution in [0.15, 0.2) is 0 Å². The first-order chi connectivity index (χ1) is 7.62. The normalized spacial score (nSPS) is 17.4. The Hall–Kier alpha value is -1.06. The van der Waals surface area contributed by atoms with Crippen molar-refractivity contribution in [1.29, 1.82) is 0 Å². The smallest absolute Gasteiger partial charge is 0.306 e. The molecule has 1 aliphatic rings. The van der Waals surface area contributed by atoms with Gasteiger partial charge in [0.2, 0.25) is 5.91 Å². The number of rotatable bonds is 6. The summed E-state index contributed by atoms with van der Waals surface area (Å²) >= 11 is 0. The van der Waals surface area contributed by atoms with Gasteiger partial charge in [0.1, 0.15) is 0 Å². The minimum Gasteiger partial charge on any atom is -0.466 e. The third-order valence-electron chi connectivity index (χ3n) is 3.25. The molecule has 0 aromatic rings. The van der Waals surface area contributed by atoms with E-state index in [1.165, 1.54) is 6.42 Å². The summed E-state index contributed by atoms with van der Waals surface area (Å²) in [4.78, 5) is 22.7. The third kappa shape index (κ3) is 3.51. The molecule has 1 fully saturated rings. The van der Waals surface area contributed by atoms with Gasteiger partial charge in [0, 0.05) is 12.0 Å². The number of nitrogens with one attached hydrogen (secondary N) is 1. The molecule has 1 rings (SSSR count). The Labute approximate surface area is 96.7 Å². The molecule has 92 valence electrons. The molecule has 1 amide bonds. The fraction of sp³-hybridized carbons (Fsp3) is 0.833. The monoisotopic (exact) mass is 227 g/mol. The molecule has 0 bridgehead atoms. The van der Waals surface area contributed by atoms with Crippen molar-refractivity contribution < 1.29 is 14.3 Å². The maximum Gasteiger partial charge on any atom is 0.306 e. The van der Waals surface area contributed by atoms with E-state index < -0.39 is 0 Å². The topological polar surface area (TPSA) is 55.4 Å². The lowest BCUT2D eigenvalue weighted by atomic mass is 9.75. The molecular formula is C12H21NO3. The quantitative estimate of drug-likeness (QED) is 0.704. The average molecular weight is 227 g/mol. The summed E-state index contributed by atoms with van der Waals surface area (Å²) in [5, 5.41) is 3.03. The van der Waals surface area contributed by atoms with Gasteiger partial charge >= 0.3 is 5.97 Å². The molecule has 1 saturated carbocycles. The van der Waals surface area contributed by atoms with Crippen molar-refractivity contribution in [3.8, 4) is 0 Å². The summed E-state index contributed by atoms with van der Waals surface area (Å²) in [6, 6.07) is 0. The van der Waals surface area contributed by atoms with Gasteiger partial charge in [0.05, 0.1) is 13.0 Å². The van der Waals surface area contributed by atoms with Gasteiger partial charge in [-0.3, -0.25) is 9.59 Å². The van der Waals surface area contributed by atoms with Crippen LogP contribution in [0.5, 0.6) is 0 Å². The van der Waals surface area contributed by atoms with Crippen molar-refractivity contribution in [3.05, 3.63) is 0 Å². The van der Waals surface area contributed by atoms with Crippen LogP contribution < -0.4 is 5.32 Å². The Kier molecular flexibility index (Phi) is 4.77. The molecule has 0 unspecified atom stereocenters. The molecule has 0 aliphatic heterocycles. The van der Waals surface area contributed by atoms with Crippen LogP contribution in [0.4, 0.5) is 0 Å². The van der Waals surface area contributed by atoms with Crippen molar-refractivity contribution >= 4 is 11.9 Å². The second-order valence-electron chi connectivity index (χ2n) is 4.34. The minimum atomic E-state index is -0.295. The highest BCUT2D eigenvalue weighted by molar-refractivity contribution is 5.81.